The average molecular weight is 410 g/mol. The molecular formula is C20H13BrFN3O. The molecule has 0 radical (unpaired) electrons. The average Bonchev–Trinajstić information content (AvgIpc) is 3.01. The Bertz CT molecular complexity index is 1090. The van der Waals surface area contributed by atoms with Crippen molar-refractivity contribution in [1.29, 1.82) is 0 Å². The zero-order valence-corrected chi connectivity index (χ0v) is 15.1. The smallest absolute Gasteiger partial charge is 0.256 e. The molecule has 0 saturated heterocycles. The van der Waals surface area contributed by atoms with E-state index in [4.69, 9.17) is 0 Å². The molecule has 2 heterocycles. The molecule has 4 nitrogen and oxygen atoms in total. The van der Waals surface area contributed by atoms with Gasteiger partial charge in [0.05, 0.1) is 0 Å². The minimum absolute atomic E-state index is 0.244. The number of amides is 1. The maximum absolute atomic E-state index is 13.3. The fourth-order valence-corrected chi connectivity index (χ4v) is 2.97. The summed E-state index contributed by atoms with van der Waals surface area (Å²) >= 11 is 3.36. The predicted octanol–water partition coefficient (Wildman–Crippen LogP) is 5.16. The normalized spacial score (nSPS) is 10.8. The van der Waals surface area contributed by atoms with E-state index in [9.17, 15) is 9.18 Å². The van der Waals surface area contributed by atoms with Crippen molar-refractivity contribution in [3.63, 3.8) is 0 Å². The number of anilines is 1. The van der Waals surface area contributed by atoms with Gasteiger partial charge < -0.3 is 5.32 Å². The van der Waals surface area contributed by atoms with Gasteiger partial charge in [-0.1, -0.05) is 22.0 Å². The van der Waals surface area contributed by atoms with Gasteiger partial charge in [-0.05, 0) is 60.7 Å². The molecule has 0 bridgehead atoms. The van der Waals surface area contributed by atoms with E-state index in [-0.39, 0.29) is 11.7 Å². The van der Waals surface area contributed by atoms with E-state index in [1.807, 2.05) is 36.5 Å². The van der Waals surface area contributed by atoms with Gasteiger partial charge in [0.2, 0.25) is 0 Å². The van der Waals surface area contributed by atoms with Crippen molar-refractivity contribution in [2.45, 2.75) is 0 Å². The van der Waals surface area contributed by atoms with Crippen LogP contribution in [0.2, 0.25) is 0 Å². The first-order valence-electron chi connectivity index (χ1n) is 7.92. The molecule has 6 heteroatoms. The lowest BCUT2D eigenvalue weighted by atomic mass is 10.1. The van der Waals surface area contributed by atoms with E-state index in [1.165, 1.54) is 12.1 Å². The van der Waals surface area contributed by atoms with Crippen molar-refractivity contribution in [3.8, 4) is 11.3 Å². The molecule has 0 spiro atoms. The van der Waals surface area contributed by atoms with E-state index in [0.29, 0.717) is 22.7 Å². The van der Waals surface area contributed by atoms with Crippen molar-refractivity contribution >= 4 is 33.3 Å². The molecule has 1 amide bonds. The second-order valence-electron chi connectivity index (χ2n) is 5.71. The molecule has 2 aromatic carbocycles. The van der Waals surface area contributed by atoms with Crippen LogP contribution in [0.25, 0.3) is 16.9 Å². The summed E-state index contributed by atoms with van der Waals surface area (Å²) in [6.45, 7) is 0. The highest BCUT2D eigenvalue weighted by Gasteiger charge is 2.17. The Morgan fingerprint density at radius 3 is 2.46 bits per heavy atom. The quantitative estimate of drug-likeness (QED) is 0.508. The van der Waals surface area contributed by atoms with Crippen molar-refractivity contribution in [1.82, 2.24) is 9.38 Å². The zero-order valence-electron chi connectivity index (χ0n) is 13.5. The van der Waals surface area contributed by atoms with Crippen molar-refractivity contribution in [2.75, 3.05) is 5.32 Å². The SMILES string of the molecule is O=C(Nc1c(-c2ccc(F)cc2)nc2ccccn12)c1ccc(Br)cc1. The first-order chi connectivity index (χ1) is 12.6. The number of pyridine rings is 1. The number of halogens is 2. The van der Waals surface area contributed by atoms with E-state index in [2.05, 4.69) is 26.2 Å². The second-order valence-corrected chi connectivity index (χ2v) is 6.62. The highest BCUT2D eigenvalue weighted by Crippen LogP contribution is 2.29. The van der Waals surface area contributed by atoms with Gasteiger partial charge in [0, 0.05) is 21.8 Å². The minimum Gasteiger partial charge on any atom is -0.306 e. The van der Waals surface area contributed by atoms with Crippen LogP contribution >= 0.6 is 15.9 Å². The van der Waals surface area contributed by atoms with E-state index < -0.39 is 0 Å². The third-order valence-corrected chi connectivity index (χ3v) is 4.51. The number of fused-ring (bicyclic) bond motifs is 1. The molecule has 0 aliphatic rings. The molecule has 0 aliphatic carbocycles. The molecular weight excluding hydrogens is 397 g/mol. The number of carbonyl (C=O) groups excluding carboxylic acids is 1. The van der Waals surface area contributed by atoms with Gasteiger partial charge in [-0.2, -0.15) is 0 Å². The molecule has 0 saturated carbocycles. The summed E-state index contributed by atoms with van der Waals surface area (Å²) in [5.41, 5.74) is 2.53. The molecule has 0 aliphatic heterocycles. The molecule has 4 aromatic rings. The van der Waals surface area contributed by atoms with E-state index in [0.717, 1.165) is 10.0 Å². The third kappa shape index (κ3) is 3.11. The molecule has 0 unspecified atom stereocenters. The van der Waals surface area contributed by atoms with Crippen LogP contribution in [0.5, 0.6) is 0 Å². The number of nitrogens with zero attached hydrogens (tertiary/aromatic N) is 2. The first-order valence-corrected chi connectivity index (χ1v) is 8.71. The van der Waals surface area contributed by atoms with Crippen LogP contribution in [0, 0.1) is 5.82 Å². The van der Waals surface area contributed by atoms with Crippen LogP contribution < -0.4 is 5.32 Å². The summed E-state index contributed by atoms with van der Waals surface area (Å²) < 4.78 is 16.0. The van der Waals surface area contributed by atoms with Gasteiger partial charge in [-0.3, -0.25) is 9.20 Å². The summed E-state index contributed by atoms with van der Waals surface area (Å²) in [7, 11) is 0. The lowest BCUT2D eigenvalue weighted by Gasteiger charge is -2.08. The van der Waals surface area contributed by atoms with Crippen molar-refractivity contribution in [3.05, 3.63) is 88.8 Å². The first kappa shape index (κ1) is 16.5. The molecule has 128 valence electrons. The fraction of sp³-hybridized carbons (Fsp3) is 0. The van der Waals surface area contributed by atoms with Crippen LogP contribution in [0.15, 0.2) is 77.4 Å². The van der Waals surface area contributed by atoms with Crippen molar-refractivity contribution in [2.24, 2.45) is 0 Å². The summed E-state index contributed by atoms with van der Waals surface area (Å²) in [5, 5.41) is 2.93. The Balaban J connectivity index is 1.79. The number of hydrogen-bond donors (Lipinski definition) is 1. The van der Waals surface area contributed by atoms with Crippen LogP contribution in [0.4, 0.5) is 10.2 Å². The number of hydrogen-bond acceptors (Lipinski definition) is 2. The van der Waals surface area contributed by atoms with Gasteiger partial charge in [0.15, 0.2) is 0 Å². The van der Waals surface area contributed by atoms with Crippen molar-refractivity contribution < 1.29 is 9.18 Å². The van der Waals surface area contributed by atoms with Crippen LogP contribution in [-0.2, 0) is 0 Å². The maximum atomic E-state index is 13.3. The van der Waals surface area contributed by atoms with E-state index >= 15 is 0 Å². The number of imidazole rings is 1. The molecule has 1 N–H and O–H groups in total. The second kappa shape index (κ2) is 6.72. The molecule has 4 rings (SSSR count). The standard InChI is InChI=1S/C20H13BrFN3O/c21-15-8-4-14(5-9-15)20(26)24-19-18(13-6-10-16(22)11-7-13)23-17-3-1-2-12-25(17)19/h1-12H,(H,24,26). The minimum atomic E-state index is -0.321. The van der Waals surface area contributed by atoms with Gasteiger partial charge >= 0.3 is 0 Å². The Hall–Kier alpha value is -2.99. The number of aromatic nitrogens is 2. The van der Waals surface area contributed by atoms with Gasteiger partial charge in [-0.15, -0.1) is 0 Å². The van der Waals surface area contributed by atoms with E-state index in [1.54, 1.807) is 28.7 Å². The highest BCUT2D eigenvalue weighted by atomic mass is 79.9. The largest absolute Gasteiger partial charge is 0.306 e. The fourth-order valence-electron chi connectivity index (χ4n) is 2.71. The Morgan fingerprint density at radius 1 is 1.00 bits per heavy atom. The van der Waals surface area contributed by atoms with Crippen LogP contribution in [0.3, 0.4) is 0 Å². The monoisotopic (exact) mass is 409 g/mol. The summed E-state index contributed by atoms with van der Waals surface area (Å²) in [6.07, 6.45) is 1.83. The van der Waals surface area contributed by atoms with Crippen LogP contribution in [0.1, 0.15) is 10.4 Å². The molecule has 0 atom stereocenters. The highest BCUT2D eigenvalue weighted by molar-refractivity contribution is 9.10. The number of benzene rings is 2. The van der Waals surface area contributed by atoms with Gasteiger partial charge in [0.1, 0.15) is 23.0 Å². The van der Waals surface area contributed by atoms with Gasteiger partial charge in [-0.25, -0.2) is 9.37 Å². The van der Waals surface area contributed by atoms with Crippen LogP contribution in [-0.4, -0.2) is 15.3 Å². The zero-order chi connectivity index (χ0) is 18.1. The lowest BCUT2D eigenvalue weighted by molar-refractivity contribution is 0.102. The summed E-state index contributed by atoms with van der Waals surface area (Å²) in [5.74, 6) is -0.0235. The van der Waals surface area contributed by atoms with Gasteiger partial charge in [0.25, 0.3) is 5.91 Å². The molecule has 26 heavy (non-hydrogen) atoms. The number of nitrogens with one attached hydrogen (secondary N) is 1. The maximum Gasteiger partial charge on any atom is 0.256 e. The topological polar surface area (TPSA) is 46.4 Å². The summed E-state index contributed by atoms with van der Waals surface area (Å²) in [4.78, 5) is 17.3. The number of rotatable bonds is 3. The third-order valence-electron chi connectivity index (χ3n) is 3.99. The molecule has 0 fully saturated rings. The molecule has 2 aromatic heterocycles. The number of carbonyl (C=O) groups is 1. The summed E-state index contributed by atoms with van der Waals surface area (Å²) in [6, 6.07) is 18.7. The Labute approximate surface area is 157 Å². The lowest BCUT2D eigenvalue weighted by Crippen LogP contribution is -2.14. The Kier molecular flexibility index (Phi) is 4.26. The predicted molar refractivity (Wildman–Crippen MR) is 103 cm³/mol. The Morgan fingerprint density at radius 2 is 1.73 bits per heavy atom.